The van der Waals surface area contributed by atoms with Crippen LogP contribution in [0.5, 0.6) is 5.75 Å². The van der Waals surface area contributed by atoms with Crippen LogP contribution in [0.15, 0.2) is 36.7 Å². The molecule has 108 valence electrons. The van der Waals surface area contributed by atoms with Gasteiger partial charge in [-0.1, -0.05) is 11.8 Å². The van der Waals surface area contributed by atoms with E-state index in [0.717, 1.165) is 6.07 Å². The molecular weight excluding hydrogens is 296 g/mol. The molecule has 0 radical (unpaired) electrons. The van der Waals surface area contributed by atoms with Crippen LogP contribution in [0.1, 0.15) is 17.5 Å². The topological polar surface area (TPSA) is 22.1 Å². The third kappa shape index (κ3) is 5.05. The second kappa shape index (κ2) is 7.61. The predicted molar refractivity (Wildman–Crippen MR) is 77.1 cm³/mol. The Bertz CT molecular complexity index is 659. The molecule has 0 aliphatic carbocycles. The number of pyridine rings is 1. The highest BCUT2D eigenvalue weighted by molar-refractivity contribution is 6.18. The van der Waals surface area contributed by atoms with E-state index >= 15 is 0 Å². The summed E-state index contributed by atoms with van der Waals surface area (Å²) < 4.78 is 31.6. The van der Waals surface area contributed by atoms with Crippen LogP contribution in [-0.2, 0) is 6.61 Å². The lowest BCUT2D eigenvalue weighted by atomic mass is 10.2. The lowest BCUT2D eigenvalue weighted by Crippen LogP contribution is -1.98. The molecule has 1 heterocycles. The fraction of sp³-hybridized carbons (Fsp3) is 0.188. The summed E-state index contributed by atoms with van der Waals surface area (Å²) in [5.41, 5.74) is 1.11. The number of hydrogen-bond acceptors (Lipinski definition) is 2. The minimum atomic E-state index is -0.632. The molecule has 2 aromatic rings. The van der Waals surface area contributed by atoms with Crippen molar-refractivity contribution in [2.75, 3.05) is 5.88 Å². The van der Waals surface area contributed by atoms with Gasteiger partial charge in [0.1, 0.15) is 24.0 Å². The number of nitrogens with zero attached hydrogens (tertiary/aromatic N) is 1. The van der Waals surface area contributed by atoms with Gasteiger partial charge in [-0.05, 0) is 23.8 Å². The highest BCUT2D eigenvalue weighted by atomic mass is 35.5. The highest BCUT2D eigenvalue weighted by Crippen LogP contribution is 2.14. The van der Waals surface area contributed by atoms with Gasteiger partial charge in [0.05, 0.1) is 6.20 Å². The molecule has 0 aliphatic heterocycles. The molecule has 0 aliphatic rings. The first-order valence-electron chi connectivity index (χ1n) is 6.25. The summed E-state index contributed by atoms with van der Waals surface area (Å²) in [6.45, 7) is 0.0505. The molecule has 0 spiro atoms. The van der Waals surface area contributed by atoms with Crippen LogP contribution in [0.4, 0.5) is 8.78 Å². The summed E-state index contributed by atoms with van der Waals surface area (Å²) in [6.07, 6.45) is 3.72. The minimum absolute atomic E-state index is 0.0505. The maximum Gasteiger partial charge on any atom is 0.139 e. The Balaban J connectivity index is 2.03. The molecule has 5 heteroatoms. The Hall–Kier alpha value is -2.12. The van der Waals surface area contributed by atoms with E-state index in [0.29, 0.717) is 29.2 Å². The van der Waals surface area contributed by atoms with Crippen molar-refractivity contribution in [3.63, 3.8) is 0 Å². The van der Waals surface area contributed by atoms with E-state index in [1.54, 1.807) is 12.3 Å². The third-order valence-corrected chi connectivity index (χ3v) is 2.68. The van der Waals surface area contributed by atoms with Crippen LogP contribution in [-0.4, -0.2) is 10.9 Å². The zero-order chi connectivity index (χ0) is 15.1. The van der Waals surface area contributed by atoms with E-state index < -0.39 is 11.6 Å². The Morgan fingerprint density at radius 3 is 2.57 bits per heavy atom. The molecule has 0 saturated carbocycles. The monoisotopic (exact) mass is 307 g/mol. The van der Waals surface area contributed by atoms with E-state index in [4.69, 9.17) is 16.3 Å². The van der Waals surface area contributed by atoms with Gasteiger partial charge in [-0.3, -0.25) is 4.98 Å². The van der Waals surface area contributed by atoms with Crippen molar-refractivity contribution in [2.24, 2.45) is 0 Å². The Morgan fingerprint density at radius 1 is 1.10 bits per heavy atom. The minimum Gasteiger partial charge on any atom is -0.487 e. The molecule has 0 bridgehead atoms. The van der Waals surface area contributed by atoms with Gasteiger partial charge in [-0.2, -0.15) is 0 Å². The molecule has 0 unspecified atom stereocenters. The molecule has 0 atom stereocenters. The van der Waals surface area contributed by atoms with Crippen molar-refractivity contribution in [3.05, 3.63) is 59.4 Å². The Labute approximate surface area is 126 Å². The van der Waals surface area contributed by atoms with Crippen molar-refractivity contribution in [1.82, 2.24) is 4.98 Å². The summed E-state index contributed by atoms with van der Waals surface area (Å²) in [4.78, 5) is 4.00. The van der Waals surface area contributed by atoms with Crippen LogP contribution in [0, 0.1) is 23.5 Å². The van der Waals surface area contributed by atoms with Crippen LogP contribution >= 0.6 is 11.6 Å². The van der Waals surface area contributed by atoms with Crippen molar-refractivity contribution < 1.29 is 13.5 Å². The first-order chi connectivity index (χ1) is 10.2. The molecular formula is C16H12ClF2NO. The summed E-state index contributed by atoms with van der Waals surface area (Å²) in [5, 5.41) is 0. The number of halogens is 3. The second-order valence-electron chi connectivity index (χ2n) is 4.22. The van der Waals surface area contributed by atoms with Crippen molar-refractivity contribution >= 4 is 11.6 Å². The molecule has 0 amide bonds. The van der Waals surface area contributed by atoms with Gasteiger partial charge in [-0.15, -0.1) is 11.6 Å². The van der Waals surface area contributed by atoms with Crippen molar-refractivity contribution in [3.8, 4) is 17.6 Å². The van der Waals surface area contributed by atoms with Gasteiger partial charge in [-0.25, -0.2) is 8.78 Å². The first-order valence-corrected chi connectivity index (χ1v) is 6.78. The highest BCUT2D eigenvalue weighted by Gasteiger charge is 2.02. The number of aromatic nitrogens is 1. The normalized spacial score (nSPS) is 9.86. The van der Waals surface area contributed by atoms with Crippen molar-refractivity contribution in [2.45, 2.75) is 13.0 Å². The van der Waals surface area contributed by atoms with Crippen LogP contribution in [0.3, 0.4) is 0 Å². The Kier molecular flexibility index (Phi) is 5.53. The fourth-order valence-electron chi connectivity index (χ4n) is 1.64. The average molecular weight is 308 g/mol. The predicted octanol–water partition coefficient (Wildman–Crippen LogP) is 3.92. The van der Waals surface area contributed by atoms with E-state index in [1.807, 2.05) is 0 Å². The quantitative estimate of drug-likeness (QED) is 0.631. The molecule has 1 aromatic heterocycles. The second-order valence-corrected chi connectivity index (χ2v) is 4.59. The lowest BCUT2D eigenvalue weighted by molar-refractivity contribution is 0.303. The van der Waals surface area contributed by atoms with E-state index in [2.05, 4.69) is 16.8 Å². The van der Waals surface area contributed by atoms with E-state index in [-0.39, 0.29) is 6.61 Å². The van der Waals surface area contributed by atoms with E-state index in [9.17, 15) is 8.78 Å². The molecule has 0 fully saturated rings. The molecule has 2 rings (SSSR count). The van der Waals surface area contributed by atoms with Gasteiger partial charge in [0, 0.05) is 30.1 Å². The Morgan fingerprint density at radius 2 is 1.86 bits per heavy atom. The number of benzene rings is 1. The van der Waals surface area contributed by atoms with Gasteiger partial charge in [0.25, 0.3) is 0 Å². The fourth-order valence-corrected chi connectivity index (χ4v) is 1.73. The zero-order valence-electron chi connectivity index (χ0n) is 11.1. The maximum atomic E-state index is 13.1. The summed E-state index contributed by atoms with van der Waals surface area (Å²) in [5.74, 6) is 5.49. The molecule has 21 heavy (non-hydrogen) atoms. The van der Waals surface area contributed by atoms with E-state index in [1.165, 1.54) is 18.3 Å². The third-order valence-electron chi connectivity index (χ3n) is 2.49. The standard InChI is InChI=1S/C16H12ClF2NO/c17-4-2-1-3-12-7-16(10-20-9-12)21-11-13-5-14(18)8-15(19)6-13/h5-10H,2,4,11H2. The number of hydrogen-bond donors (Lipinski definition) is 0. The number of rotatable bonds is 4. The van der Waals surface area contributed by atoms with Gasteiger partial charge >= 0.3 is 0 Å². The zero-order valence-corrected chi connectivity index (χ0v) is 11.8. The molecule has 0 N–H and O–H groups in total. The molecule has 1 aromatic carbocycles. The van der Waals surface area contributed by atoms with Crippen LogP contribution in [0.25, 0.3) is 0 Å². The first kappa shape index (κ1) is 15.3. The largest absolute Gasteiger partial charge is 0.487 e. The smallest absolute Gasteiger partial charge is 0.139 e. The molecule has 0 saturated heterocycles. The van der Waals surface area contributed by atoms with Crippen LogP contribution in [0.2, 0.25) is 0 Å². The lowest BCUT2D eigenvalue weighted by Gasteiger charge is -2.06. The van der Waals surface area contributed by atoms with Crippen molar-refractivity contribution in [1.29, 1.82) is 0 Å². The molecule has 2 nitrogen and oxygen atoms in total. The van der Waals surface area contributed by atoms with Gasteiger partial charge in [0.15, 0.2) is 0 Å². The summed E-state index contributed by atoms with van der Waals surface area (Å²) >= 11 is 5.54. The van der Waals surface area contributed by atoms with Gasteiger partial charge in [0.2, 0.25) is 0 Å². The summed E-state index contributed by atoms with van der Waals surface area (Å²) in [6, 6.07) is 4.98. The number of ether oxygens (including phenoxy) is 1. The summed E-state index contributed by atoms with van der Waals surface area (Å²) in [7, 11) is 0. The average Bonchev–Trinajstić information content (AvgIpc) is 2.45. The van der Waals surface area contributed by atoms with Crippen LogP contribution < -0.4 is 4.74 Å². The SMILES string of the molecule is Fc1cc(F)cc(COc2cncc(C#CCCCl)c2)c1. The van der Waals surface area contributed by atoms with Gasteiger partial charge < -0.3 is 4.74 Å². The maximum absolute atomic E-state index is 13.1. The number of alkyl halides is 1.